The molecule has 6 heteroatoms. The van der Waals surface area contributed by atoms with Crippen molar-refractivity contribution in [2.45, 2.75) is 26.5 Å². The van der Waals surface area contributed by atoms with E-state index in [2.05, 4.69) is 5.10 Å². The van der Waals surface area contributed by atoms with Gasteiger partial charge in [-0.15, -0.1) is 0 Å². The summed E-state index contributed by atoms with van der Waals surface area (Å²) in [6.07, 6.45) is 0.853. The zero-order valence-corrected chi connectivity index (χ0v) is 16.2. The Morgan fingerprint density at radius 3 is 2.36 bits per heavy atom. The Labute approximate surface area is 164 Å². The lowest BCUT2D eigenvalue weighted by Crippen LogP contribution is -2.37. The van der Waals surface area contributed by atoms with Gasteiger partial charge in [-0.25, -0.2) is 9.48 Å². The summed E-state index contributed by atoms with van der Waals surface area (Å²) in [7, 11) is 1.70. The first kappa shape index (κ1) is 19.4. The summed E-state index contributed by atoms with van der Waals surface area (Å²) >= 11 is 0. The second-order valence-electron chi connectivity index (χ2n) is 6.66. The van der Waals surface area contributed by atoms with E-state index in [-0.39, 0.29) is 5.91 Å². The normalized spacial score (nSPS) is 11.7. The van der Waals surface area contributed by atoms with Gasteiger partial charge in [-0.05, 0) is 49.7 Å². The number of benzene rings is 2. The van der Waals surface area contributed by atoms with Gasteiger partial charge in [0.05, 0.1) is 11.3 Å². The number of hydrogen-bond donors (Lipinski definition) is 0. The molecule has 28 heavy (non-hydrogen) atoms. The van der Waals surface area contributed by atoms with Gasteiger partial charge in [0.15, 0.2) is 6.10 Å². The first-order valence-electron chi connectivity index (χ1n) is 9.06. The molecule has 0 aliphatic rings. The van der Waals surface area contributed by atoms with Crippen LogP contribution in [-0.4, -0.2) is 39.7 Å². The highest BCUT2D eigenvalue weighted by atomic mass is 16.5. The van der Waals surface area contributed by atoms with Crippen LogP contribution in [0.25, 0.3) is 5.69 Å². The minimum Gasteiger partial charge on any atom is -0.449 e. The van der Waals surface area contributed by atoms with E-state index in [1.165, 1.54) is 0 Å². The van der Waals surface area contributed by atoms with Crippen LogP contribution in [0.5, 0.6) is 0 Å². The summed E-state index contributed by atoms with van der Waals surface area (Å²) in [6, 6.07) is 18.5. The van der Waals surface area contributed by atoms with Crippen molar-refractivity contribution < 1.29 is 14.3 Å². The van der Waals surface area contributed by atoms with Gasteiger partial charge in [-0.1, -0.05) is 30.3 Å². The summed E-state index contributed by atoms with van der Waals surface area (Å²) in [6.45, 7) is 4.00. The Balaban J connectivity index is 1.60. The van der Waals surface area contributed by atoms with Gasteiger partial charge in [0.1, 0.15) is 0 Å². The predicted molar refractivity (Wildman–Crippen MR) is 106 cm³/mol. The van der Waals surface area contributed by atoms with E-state index in [4.69, 9.17) is 4.74 Å². The SMILES string of the molecule is Cc1ccnn1-c1ccc(C(=O)OC(C)C(=O)N(C)Cc2ccccc2)cc1. The Bertz CT molecular complexity index is 949. The van der Waals surface area contributed by atoms with Crippen molar-refractivity contribution in [3.8, 4) is 5.69 Å². The lowest BCUT2D eigenvalue weighted by atomic mass is 10.2. The standard InChI is InChI=1S/C22H23N3O3/c1-16-13-14-23-25(16)20-11-9-19(10-12-20)22(27)28-17(2)21(26)24(3)15-18-7-5-4-6-8-18/h4-14,17H,15H2,1-3H3. The molecule has 0 aliphatic carbocycles. The Kier molecular flexibility index (Phi) is 5.89. The third-order valence-corrected chi connectivity index (χ3v) is 4.45. The van der Waals surface area contributed by atoms with Crippen LogP contribution >= 0.6 is 0 Å². The van der Waals surface area contributed by atoms with E-state index < -0.39 is 12.1 Å². The van der Waals surface area contributed by atoms with Crippen LogP contribution < -0.4 is 0 Å². The highest BCUT2D eigenvalue weighted by molar-refractivity contribution is 5.92. The smallest absolute Gasteiger partial charge is 0.338 e. The molecule has 0 saturated heterocycles. The molecule has 0 N–H and O–H groups in total. The maximum atomic E-state index is 12.5. The van der Waals surface area contributed by atoms with Gasteiger partial charge in [0, 0.05) is 25.5 Å². The van der Waals surface area contributed by atoms with Crippen molar-refractivity contribution in [1.82, 2.24) is 14.7 Å². The number of nitrogens with zero attached hydrogens (tertiary/aromatic N) is 3. The number of aromatic nitrogens is 2. The van der Waals surface area contributed by atoms with Crippen molar-refractivity contribution in [2.75, 3.05) is 7.05 Å². The molecule has 0 fully saturated rings. The van der Waals surface area contributed by atoms with Crippen molar-refractivity contribution in [3.63, 3.8) is 0 Å². The molecular formula is C22H23N3O3. The Morgan fingerprint density at radius 2 is 1.75 bits per heavy atom. The zero-order chi connectivity index (χ0) is 20.1. The number of likely N-dealkylation sites (N-methyl/N-ethyl adjacent to an activating group) is 1. The molecule has 1 heterocycles. The minimum absolute atomic E-state index is 0.249. The number of esters is 1. The third kappa shape index (κ3) is 4.46. The number of ether oxygens (including phenoxy) is 1. The molecule has 0 radical (unpaired) electrons. The van der Waals surface area contributed by atoms with E-state index in [0.717, 1.165) is 16.9 Å². The Hall–Kier alpha value is -3.41. The molecule has 3 rings (SSSR count). The number of amides is 1. The van der Waals surface area contributed by atoms with Crippen molar-refractivity contribution in [1.29, 1.82) is 0 Å². The molecule has 6 nitrogen and oxygen atoms in total. The summed E-state index contributed by atoms with van der Waals surface area (Å²) in [5, 5.41) is 4.24. The van der Waals surface area contributed by atoms with Crippen LogP contribution in [0.2, 0.25) is 0 Å². The zero-order valence-electron chi connectivity index (χ0n) is 16.2. The molecular weight excluding hydrogens is 354 g/mol. The highest BCUT2D eigenvalue weighted by Gasteiger charge is 2.22. The molecule has 1 atom stereocenters. The monoisotopic (exact) mass is 377 g/mol. The van der Waals surface area contributed by atoms with Crippen LogP contribution in [0.3, 0.4) is 0 Å². The van der Waals surface area contributed by atoms with Gasteiger partial charge in [0.25, 0.3) is 5.91 Å². The molecule has 144 valence electrons. The average Bonchev–Trinajstić information content (AvgIpc) is 3.14. The van der Waals surface area contributed by atoms with E-state index in [0.29, 0.717) is 12.1 Å². The fourth-order valence-corrected chi connectivity index (χ4v) is 2.90. The molecule has 2 aromatic carbocycles. The maximum absolute atomic E-state index is 12.5. The molecule has 3 aromatic rings. The molecule has 1 unspecified atom stereocenters. The molecule has 0 aliphatic heterocycles. The van der Waals surface area contributed by atoms with E-state index in [1.807, 2.05) is 43.3 Å². The second kappa shape index (κ2) is 8.52. The van der Waals surface area contributed by atoms with Crippen LogP contribution in [0.4, 0.5) is 0 Å². The highest BCUT2D eigenvalue weighted by Crippen LogP contribution is 2.13. The maximum Gasteiger partial charge on any atom is 0.338 e. The third-order valence-electron chi connectivity index (χ3n) is 4.45. The lowest BCUT2D eigenvalue weighted by molar-refractivity contribution is -0.139. The number of carbonyl (C=O) groups excluding carboxylic acids is 2. The van der Waals surface area contributed by atoms with Crippen molar-refractivity contribution >= 4 is 11.9 Å². The largest absolute Gasteiger partial charge is 0.449 e. The average molecular weight is 377 g/mol. The summed E-state index contributed by atoms with van der Waals surface area (Å²) in [5.41, 5.74) is 3.25. The summed E-state index contributed by atoms with van der Waals surface area (Å²) in [4.78, 5) is 26.4. The van der Waals surface area contributed by atoms with Crippen LogP contribution in [0.15, 0.2) is 66.9 Å². The van der Waals surface area contributed by atoms with Crippen LogP contribution in [0.1, 0.15) is 28.5 Å². The van der Waals surface area contributed by atoms with Gasteiger partial charge in [-0.3, -0.25) is 4.79 Å². The topological polar surface area (TPSA) is 64.4 Å². The summed E-state index contributed by atoms with van der Waals surface area (Å²) in [5.74, 6) is -0.779. The number of aryl methyl sites for hydroxylation is 1. The van der Waals surface area contributed by atoms with Gasteiger partial charge in [0.2, 0.25) is 0 Å². The molecule has 0 saturated carbocycles. The van der Waals surface area contributed by atoms with Crippen LogP contribution in [-0.2, 0) is 16.1 Å². The van der Waals surface area contributed by atoms with Crippen molar-refractivity contribution in [3.05, 3.63) is 83.7 Å². The van der Waals surface area contributed by atoms with Gasteiger partial charge < -0.3 is 9.64 Å². The number of hydrogen-bond acceptors (Lipinski definition) is 4. The van der Waals surface area contributed by atoms with Gasteiger partial charge in [-0.2, -0.15) is 5.10 Å². The second-order valence-corrected chi connectivity index (χ2v) is 6.66. The first-order valence-corrected chi connectivity index (χ1v) is 9.06. The number of carbonyl (C=O) groups is 2. The first-order chi connectivity index (χ1) is 13.5. The minimum atomic E-state index is -0.866. The Morgan fingerprint density at radius 1 is 1.07 bits per heavy atom. The molecule has 0 spiro atoms. The van der Waals surface area contributed by atoms with E-state index >= 15 is 0 Å². The predicted octanol–water partition coefficient (Wildman–Crippen LogP) is 3.38. The fraction of sp³-hybridized carbons (Fsp3) is 0.227. The summed E-state index contributed by atoms with van der Waals surface area (Å²) < 4.78 is 7.14. The quantitative estimate of drug-likeness (QED) is 0.618. The lowest BCUT2D eigenvalue weighted by Gasteiger charge is -2.21. The fourth-order valence-electron chi connectivity index (χ4n) is 2.90. The van der Waals surface area contributed by atoms with Crippen LogP contribution in [0, 0.1) is 6.92 Å². The van der Waals surface area contributed by atoms with E-state index in [1.54, 1.807) is 54.0 Å². The van der Waals surface area contributed by atoms with Gasteiger partial charge >= 0.3 is 5.97 Å². The molecule has 1 aromatic heterocycles. The number of rotatable bonds is 6. The van der Waals surface area contributed by atoms with E-state index in [9.17, 15) is 9.59 Å². The van der Waals surface area contributed by atoms with Crippen molar-refractivity contribution in [2.24, 2.45) is 0 Å². The molecule has 1 amide bonds. The molecule has 0 bridgehead atoms.